The summed E-state index contributed by atoms with van der Waals surface area (Å²) in [6.07, 6.45) is 9.53. The van der Waals surface area contributed by atoms with E-state index in [-0.39, 0.29) is 0 Å². The standard InChI is InChI=1S/C13H28N2/c1-3-4-5-6-7-8-12(2)15-10-9-13(14)11-15/h12-13H,3-11,14H2,1-2H3. The van der Waals surface area contributed by atoms with Gasteiger partial charge in [-0.05, 0) is 26.3 Å². The molecule has 0 aromatic carbocycles. The van der Waals surface area contributed by atoms with Crippen molar-refractivity contribution in [3.05, 3.63) is 0 Å². The number of nitrogens with zero attached hydrogens (tertiary/aromatic N) is 1. The fourth-order valence-corrected chi connectivity index (χ4v) is 2.44. The van der Waals surface area contributed by atoms with Crippen molar-refractivity contribution in [1.29, 1.82) is 0 Å². The molecule has 0 radical (unpaired) electrons. The van der Waals surface area contributed by atoms with E-state index in [4.69, 9.17) is 5.73 Å². The zero-order valence-electron chi connectivity index (χ0n) is 10.5. The second-order valence-electron chi connectivity index (χ2n) is 5.10. The highest BCUT2D eigenvalue weighted by atomic mass is 15.2. The third kappa shape index (κ3) is 4.98. The van der Waals surface area contributed by atoms with E-state index in [0.717, 1.165) is 12.6 Å². The highest BCUT2D eigenvalue weighted by Crippen LogP contribution is 2.16. The van der Waals surface area contributed by atoms with Gasteiger partial charge in [-0.25, -0.2) is 0 Å². The summed E-state index contributed by atoms with van der Waals surface area (Å²) in [6.45, 7) is 6.97. The van der Waals surface area contributed by atoms with E-state index >= 15 is 0 Å². The van der Waals surface area contributed by atoms with E-state index in [1.807, 2.05) is 0 Å². The molecule has 1 saturated heterocycles. The molecule has 2 nitrogen and oxygen atoms in total. The van der Waals surface area contributed by atoms with Crippen LogP contribution in [-0.2, 0) is 0 Å². The molecule has 0 aliphatic carbocycles. The molecule has 2 unspecified atom stereocenters. The molecule has 1 aliphatic heterocycles. The average molecular weight is 212 g/mol. The number of hydrogen-bond donors (Lipinski definition) is 1. The van der Waals surface area contributed by atoms with Crippen LogP contribution in [0.25, 0.3) is 0 Å². The predicted octanol–water partition coefficient (Wildman–Crippen LogP) is 2.77. The lowest BCUT2D eigenvalue weighted by molar-refractivity contribution is 0.239. The van der Waals surface area contributed by atoms with Crippen LogP contribution in [0.1, 0.15) is 58.8 Å². The van der Waals surface area contributed by atoms with E-state index in [1.165, 1.54) is 51.5 Å². The summed E-state index contributed by atoms with van der Waals surface area (Å²) in [4.78, 5) is 2.56. The zero-order valence-corrected chi connectivity index (χ0v) is 10.5. The lowest BCUT2D eigenvalue weighted by Crippen LogP contribution is -2.33. The van der Waals surface area contributed by atoms with Crippen LogP contribution in [0.15, 0.2) is 0 Å². The summed E-state index contributed by atoms with van der Waals surface area (Å²) in [5.41, 5.74) is 5.92. The van der Waals surface area contributed by atoms with E-state index < -0.39 is 0 Å². The molecule has 0 aromatic rings. The van der Waals surface area contributed by atoms with Crippen molar-refractivity contribution in [2.75, 3.05) is 13.1 Å². The average Bonchev–Trinajstić information content (AvgIpc) is 2.64. The van der Waals surface area contributed by atoms with Crippen LogP contribution in [-0.4, -0.2) is 30.1 Å². The first kappa shape index (κ1) is 13.0. The minimum atomic E-state index is 0.438. The van der Waals surface area contributed by atoms with Crippen molar-refractivity contribution >= 4 is 0 Å². The molecule has 0 saturated carbocycles. The quantitative estimate of drug-likeness (QED) is 0.658. The topological polar surface area (TPSA) is 29.3 Å². The molecule has 1 fully saturated rings. The number of unbranched alkanes of at least 4 members (excludes halogenated alkanes) is 4. The Kier molecular flexibility index (Phi) is 6.26. The van der Waals surface area contributed by atoms with Gasteiger partial charge in [-0.15, -0.1) is 0 Å². The molecular weight excluding hydrogens is 184 g/mol. The van der Waals surface area contributed by atoms with Gasteiger partial charge in [-0.1, -0.05) is 39.0 Å². The molecule has 90 valence electrons. The molecule has 1 aliphatic rings. The monoisotopic (exact) mass is 212 g/mol. The number of nitrogens with two attached hydrogens (primary N) is 1. The Morgan fingerprint density at radius 2 is 2.00 bits per heavy atom. The molecule has 0 aromatic heterocycles. The highest BCUT2D eigenvalue weighted by molar-refractivity contribution is 4.81. The van der Waals surface area contributed by atoms with Crippen molar-refractivity contribution in [2.24, 2.45) is 5.73 Å². The van der Waals surface area contributed by atoms with Crippen LogP contribution in [0.3, 0.4) is 0 Å². The first-order valence-electron chi connectivity index (χ1n) is 6.73. The maximum Gasteiger partial charge on any atom is 0.0180 e. The van der Waals surface area contributed by atoms with E-state index in [0.29, 0.717) is 6.04 Å². The van der Waals surface area contributed by atoms with Crippen molar-refractivity contribution in [3.63, 3.8) is 0 Å². The molecule has 0 spiro atoms. The molecule has 15 heavy (non-hydrogen) atoms. The minimum Gasteiger partial charge on any atom is -0.326 e. The highest BCUT2D eigenvalue weighted by Gasteiger charge is 2.22. The van der Waals surface area contributed by atoms with Crippen molar-refractivity contribution in [2.45, 2.75) is 70.9 Å². The molecule has 0 amide bonds. The predicted molar refractivity (Wildman–Crippen MR) is 67.0 cm³/mol. The summed E-state index contributed by atoms with van der Waals surface area (Å²) < 4.78 is 0. The second kappa shape index (κ2) is 7.24. The second-order valence-corrected chi connectivity index (χ2v) is 5.10. The number of hydrogen-bond acceptors (Lipinski definition) is 2. The van der Waals surface area contributed by atoms with Crippen LogP contribution in [0.2, 0.25) is 0 Å². The van der Waals surface area contributed by atoms with Gasteiger partial charge in [0.15, 0.2) is 0 Å². The molecular formula is C13H28N2. The van der Waals surface area contributed by atoms with Gasteiger partial charge in [0.05, 0.1) is 0 Å². The Labute approximate surface area is 95.2 Å². The summed E-state index contributed by atoms with van der Waals surface area (Å²) in [7, 11) is 0. The van der Waals surface area contributed by atoms with Crippen molar-refractivity contribution in [1.82, 2.24) is 4.90 Å². The van der Waals surface area contributed by atoms with Gasteiger partial charge in [-0.2, -0.15) is 0 Å². The number of likely N-dealkylation sites (tertiary alicyclic amines) is 1. The van der Waals surface area contributed by atoms with Gasteiger partial charge < -0.3 is 5.73 Å². The molecule has 2 heteroatoms. The van der Waals surface area contributed by atoms with Gasteiger partial charge in [-0.3, -0.25) is 4.90 Å². The van der Waals surface area contributed by atoms with Gasteiger partial charge in [0.25, 0.3) is 0 Å². The van der Waals surface area contributed by atoms with E-state index in [9.17, 15) is 0 Å². The molecule has 1 heterocycles. The summed E-state index contributed by atoms with van der Waals surface area (Å²) >= 11 is 0. The van der Waals surface area contributed by atoms with Gasteiger partial charge in [0, 0.05) is 18.6 Å². The normalized spacial score (nSPS) is 24.6. The largest absolute Gasteiger partial charge is 0.326 e. The maximum absolute atomic E-state index is 5.92. The Hall–Kier alpha value is -0.0800. The smallest absolute Gasteiger partial charge is 0.0180 e. The Bertz CT molecular complexity index is 159. The third-order valence-electron chi connectivity index (χ3n) is 3.60. The summed E-state index contributed by atoms with van der Waals surface area (Å²) in [5.74, 6) is 0. The Balaban J connectivity index is 2.00. The lowest BCUT2D eigenvalue weighted by Gasteiger charge is -2.23. The van der Waals surface area contributed by atoms with Gasteiger partial charge in [0.2, 0.25) is 0 Å². The van der Waals surface area contributed by atoms with E-state index in [2.05, 4.69) is 18.7 Å². The molecule has 2 atom stereocenters. The van der Waals surface area contributed by atoms with Crippen LogP contribution in [0.4, 0.5) is 0 Å². The first-order valence-corrected chi connectivity index (χ1v) is 6.73. The molecule has 1 rings (SSSR count). The first-order chi connectivity index (χ1) is 7.24. The van der Waals surface area contributed by atoms with Crippen molar-refractivity contribution in [3.8, 4) is 0 Å². The lowest BCUT2D eigenvalue weighted by atomic mass is 10.1. The van der Waals surface area contributed by atoms with Gasteiger partial charge >= 0.3 is 0 Å². The van der Waals surface area contributed by atoms with E-state index in [1.54, 1.807) is 0 Å². The van der Waals surface area contributed by atoms with Crippen LogP contribution in [0, 0.1) is 0 Å². The van der Waals surface area contributed by atoms with Crippen LogP contribution in [0.5, 0.6) is 0 Å². The third-order valence-corrected chi connectivity index (χ3v) is 3.60. The number of rotatable bonds is 7. The SMILES string of the molecule is CCCCCCCC(C)N1CCC(N)C1. The summed E-state index contributed by atoms with van der Waals surface area (Å²) in [5, 5.41) is 0. The fourth-order valence-electron chi connectivity index (χ4n) is 2.44. The fraction of sp³-hybridized carbons (Fsp3) is 1.00. The van der Waals surface area contributed by atoms with Crippen LogP contribution >= 0.6 is 0 Å². The van der Waals surface area contributed by atoms with Gasteiger partial charge in [0.1, 0.15) is 0 Å². The van der Waals surface area contributed by atoms with Crippen LogP contribution < -0.4 is 5.73 Å². The zero-order chi connectivity index (χ0) is 11.1. The van der Waals surface area contributed by atoms with Crippen molar-refractivity contribution < 1.29 is 0 Å². The molecule has 0 bridgehead atoms. The Morgan fingerprint density at radius 3 is 2.60 bits per heavy atom. The molecule has 2 N–H and O–H groups in total. The summed E-state index contributed by atoms with van der Waals surface area (Å²) in [6, 6.07) is 1.19. The minimum absolute atomic E-state index is 0.438. The Morgan fingerprint density at radius 1 is 1.27 bits per heavy atom. The maximum atomic E-state index is 5.92.